The molecule has 0 aliphatic rings. The zero-order chi connectivity index (χ0) is 25.4. The fourth-order valence-electron chi connectivity index (χ4n) is 3.28. The van der Waals surface area contributed by atoms with E-state index in [0.717, 1.165) is 0 Å². The van der Waals surface area contributed by atoms with Gasteiger partial charge in [0.2, 0.25) is 0 Å². The fraction of sp³-hybridized carbons (Fsp3) is 0.231. The lowest BCUT2D eigenvalue weighted by atomic mass is 10.0. The molecule has 3 rings (SSSR count). The Balaban J connectivity index is 1.89. The van der Waals surface area contributed by atoms with Crippen LogP contribution in [0.5, 0.6) is 11.5 Å². The third-order valence-corrected chi connectivity index (χ3v) is 4.91. The van der Waals surface area contributed by atoms with Crippen LogP contribution in [-0.4, -0.2) is 24.5 Å². The number of amidine groups is 1. The number of anilines is 2. The van der Waals surface area contributed by atoms with Crippen LogP contribution in [0.15, 0.2) is 66.7 Å². The van der Waals surface area contributed by atoms with Gasteiger partial charge in [-0.25, -0.2) is 4.39 Å². The predicted octanol–water partition coefficient (Wildman–Crippen LogP) is 4.59. The lowest BCUT2D eigenvalue weighted by Gasteiger charge is -2.22. The first kappa shape index (κ1) is 25.4. The third-order valence-electron chi connectivity index (χ3n) is 4.91. The SMILES string of the molecule is CCOc1cc(C(Nc2ccc(C(=N)N)cc2)C(=O)NNc2ccc(F)cc2)ccc1OC(C)C. The van der Waals surface area contributed by atoms with Gasteiger partial charge in [-0.2, -0.15) is 0 Å². The molecule has 0 aliphatic heterocycles. The first-order valence-electron chi connectivity index (χ1n) is 11.2. The van der Waals surface area contributed by atoms with Gasteiger partial charge in [0.05, 0.1) is 18.4 Å². The van der Waals surface area contributed by atoms with Gasteiger partial charge >= 0.3 is 0 Å². The lowest BCUT2D eigenvalue weighted by Crippen LogP contribution is -2.37. The molecule has 0 aromatic heterocycles. The number of benzene rings is 3. The molecule has 9 heteroatoms. The molecule has 0 radical (unpaired) electrons. The predicted molar refractivity (Wildman–Crippen MR) is 135 cm³/mol. The summed E-state index contributed by atoms with van der Waals surface area (Å²) in [5.41, 5.74) is 13.4. The summed E-state index contributed by atoms with van der Waals surface area (Å²) in [4.78, 5) is 13.3. The molecule has 1 unspecified atom stereocenters. The topological polar surface area (TPSA) is 121 Å². The molecule has 184 valence electrons. The number of hydrazine groups is 1. The number of carbonyl (C=O) groups excluding carboxylic acids is 1. The first-order chi connectivity index (χ1) is 16.8. The third kappa shape index (κ3) is 7.10. The minimum Gasteiger partial charge on any atom is -0.490 e. The zero-order valence-electron chi connectivity index (χ0n) is 19.9. The first-order valence-corrected chi connectivity index (χ1v) is 11.2. The van der Waals surface area contributed by atoms with Gasteiger partial charge in [-0.15, -0.1) is 0 Å². The van der Waals surface area contributed by atoms with Gasteiger partial charge in [-0.1, -0.05) is 6.07 Å². The number of carbonyl (C=O) groups is 1. The number of nitrogens with one attached hydrogen (secondary N) is 4. The molecule has 0 saturated heterocycles. The van der Waals surface area contributed by atoms with Gasteiger partial charge < -0.3 is 20.5 Å². The summed E-state index contributed by atoms with van der Waals surface area (Å²) >= 11 is 0. The van der Waals surface area contributed by atoms with Gasteiger partial charge in [-0.05, 0) is 87.0 Å². The van der Waals surface area contributed by atoms with Crippen LogP contribution in [0.2, 0.25) is 0 Å². The second-order valence-corrected chi connectivity index (χ2v) is 8.00. The number of rotatable bonds is 11. The number of hydrogen-bond donors (Lipinski definition) is 5. The van der Waals surface area contributed by atoms with Crippen molar-refractivity contribution in [2.45, 2.75) is 32.9 Å². The number of nitrogens with two attached hydrogens (primary N) is 1. The second kappa shape index (κ2) is 11.7. The minimum atomic E-state index is -0.821. The van der Waals surface area contributed by atoms with Crippen molar-refractivity contribution in [2.75, 3.05) is 17.3 Å². The van der Waals surface area contributed by atoms with Gasteiger partial charge in [0.25, 0.3) is 5.91 Å². The van der Waals surface area contributed by atoms with Gasteiger partial charge in [0.1, 0.15) is 17.7 Å². The summed E-state index contributed by atoms with van der Waals surface area (Å²) in [5.74, 6) is 0.306. The van der Waals surface area contributed by atoms with E-state index in [2.05, 4.69) is 16.2 Å². The molecule has 8 nitrogen and oxygen atoms in total. The number of nitrogen functional groups attached to an aromatic ring is 1. The standard InChI is InChI=1S/C26H30FN5O3/c1-4-34-23-15-18(7-14-22(23)35-16(2)3)24(30-20-10-5-17(6-11-20)25(28)29)26(33)32-31-21-12-8-19(27)9-13-21/h5-16,24,30-31H,4H2,1-3H3,(H3,28,29)(H,32,33). The van der Waals surface area contributed by atoms with Crippen molar-refractivity contribution in [2.24, 2.45) is 5.73 Å². The Bertz CT molecular complexity index is 1150. The van der Waals surface area contributed by atoms with E-state index in [-0.39, 0.29) is 23.7 Å². The molecule has 6 N–H and O–H groups in total. The molecule has 35 heavy (non-hydrogen) atoms. The molecule has 0 spiro atoms. The number of halogens is 1. The minimum absolute atomic E-state index is 0.0445. The molecule has 0 aliphatic carbocycles. The summed E-state index contributed by atoms with van der Waals surface area (Å²) in [6, 6.07) is 17.0. The maximum absolute atomic E-state index is 13.3. The van der Waals surface area contributed by atoms with Crippen LogP contribution < -0.4 is 31.4 Å². The zero-order valence-corrected chi connectivity index (χ0v) is 19.9. The van der Waals surface area contributed by atoms with E-state index in [1.807, 2.05) is 20.8 Å². The molecule has 0 heterocycles. The fourth-order valence-corrected chi connectivity index (χ4v) is 3.28. The van der Waals surface area contributed by atoms with Crippen molar-refractivity contribution >= 4 is 23.1 Å². The van der Waals surface area contributed by atoms with Crippen LogP contribution in [0.3, 0.4) is 0 Å². The van der Waals surface area contributed by atoms with Crippen molar-refractivity contribution in [3.63, 3.8) is 0 Å². The van der Waals surface area contributed by atoms with E-state index in [4.69, 9.17) is 20.6 Å². The molecule has 1 amide bonds. The molecular weight excluding hydrogens is 449 g/mol. The highest BCUT2D eigenvalue weighted by atomic mass is 19.1. The van der Waals surface area contributed by atoms with Crippen LogP contribution >= 0.6 is 0 Å². The molecule has 0 bridgehead atoms. The average molecular weight is 480 g/mol. The maximum atomic E-state index is 13.3. The Morgan fingerprint density at radius 2 is 1.66 bits per heavy atom. The van der Waals surface area contributed by atoms with Crippen molar-refractivity contribution in [1.82, 2.24) is 5.43 Å². The summed E-state index contributed by atoms with van der Waals surface area (Å²) < 4.78 is 24.8. The second-order valence-electron chi connectivity index (χ2n) is 8.00. The van der Waals surface area contributed by atoms with Gasteiger partial charge in [-0.3, -0.25) is 21.1 Å². The largest absolute Gasteiger partial charge is 0.490 e. The van der Waals surface area contributed by atoms with E-state index < -0.39 is 6.04 Å². The van der Waals surface area contributed by atoms with Gasteiger partial charge in [0, 0.05) is 11.3 Å². The van der Waals surface area contributed by atoms with E-state index >= 15 is 0 Å². The lowest BCUT2D eigenvalue weighted by molar-refractivity contribution is -0.121. The van der Waals surface area contributed by atoms with Crippen LogP contribution in [-0.2, 0) is 4.79 Å². The van der Waals surface area contributed by atoms with Crippen LogP contribution in [0, 0.1) is 11.2 Å². The summed E-state index contributed by atoms with van der Waals surface area (Å²) in [5, 5.41) is 10.8. The van der Waals surface area contributed by atoms with Crippen molar-refractivity contribution < 1.29 is 18.7 Å². The van der Waals surface area contributed by atoms with Crippen LogP contribution in [0.4, 0.5) is 15.8 Å². The molecule has 0 fully saturated rings. The highest BCUT2D eigenvalue weighted by Crippen LogP contribution is 2.33. The van der Waals surface area contributed by atoms with Crippen molar-refractivity contribution in [3.05, 3.63) is 83.7 Å². The Labute approximate surface area is 204 Å². The normalized spacial score (nSPS) is 11.5. The summed E-state index contributed by atoms with van der Waals surface area (Å²) in [6.45, 7) is 6.15. The molecule has 3 aromatic carbocycles. The Morgan fingerprint density at radius 3 is 2.26 bits per heavy atom. The Morgan fingerprint density at radius 1 is 1.00 bits per heavy atom. The highest BCUT2D eigenvalue weighted by Gasteiger charge is 2.23. The monoisotopic (exact) mass is 479 g/mol. The molecule has 3 aromatic rings. The van der Waals surface area contributed by atoms with E-state index in [0.29, 0.717) is 40.6 Å². The average Bonchev–Trinajstić information content (AvgIpc) is 2.83. The number of ether oxygens (including phenoxy) is 2. The Kier molecular flexibility index (Phi) is 8.50. The quantitative estimate of drug-likeness (QED) is 0.156. The maximum Gasteiger partial charge on any atom is 0.265 e. The van der Waals surface area contributed by atoms with Crippen LogP contribution in [0.25, 0.3) is 0 Å². The van der Waals surface area contributed by atoms with Crippen LogP contribution in [0.1, 0.15) is 37.9 Å². The number of amides is 1. The smallest absolute Gasteiger partial charge is 0.265 e. The summed E-state index contributed by atoms with van der Waals surface area (Å²) in [6.07, 6.45) is -0.0445. The Hall–Kier alpha value is -4.27. The van der Waals surface area contributed by atoms with Gasteiger partial charge in [0.15, 0.2) is 11.5 Å². The van der Waals surface area contributed by atoms with Crippen molar-refractivity contribution in [1.29, 1.82) is 5.41 Å². The van der Waals surface area contributed by atoms with E-state index in [9.17, 15) is 9.18 Å². The van der Waals surface area contributed by atoms with E-state index in [1.165, 1.54) is 24.3 Å². The van der Waals surface area contributed by atoms with E-state index in [1.54, 1.807) is 42.5 Å². The molecule has 1 atom stereocenters. The molecular formula is C26H30FN5O3. The number of hydrogen-bond acceptors (Lipinski definition) is 6. The van der Waals surface area contributed by atoms with Crippen molar-refractivity contribution in [3.8, 4) is 11.5 Å². The molecule has 0 saturated carbocycles. The summed E-state index contributed by atoms with van der Waals surface area (Å²) in [7, 11) is 0. The highest BCUT2D eigenvalue weighted by molar-refractivity contribution is 5.95.